The number of ether oxygens (including phenoxy) is 1. The lowest BCUT2D eigenvalue weighted by molar-refractivity contribution is 0.0526. The molecule has 1 aromatic heterocycles. The first kappa shape index (κ1) is 19.0. The molecule has 0 aliphatic rings. The number of nitrogens with zero attached hydrogens (tertiary/aromatic N) is 1. The van der Waals surface area contributed by atoms with E-state index >= 15 is 0 Å². The van der Waals surface area contributed by atoms with Crippen molar-refractivity contribution in [2.75, 3.05) is 17.2 Å². The first-order valence-electron chi connectivity index (χ1n) is 8.62. The van der Waals surface area contributed by atoms with E-state index in [0.717, 1.165) is 5.69 Å². The lowest BCUT2D eigenvalue weighted by Crippen LogP contribution is -2.13. The maximum atomic E-state index is 12.9. The first-order chi connectivity index (χ1) is 13.5. The Kier molecular flexibility index (Phi) is 5.96. The van der Waals surface area contributed by atoms with Gasteiger partial charge in [0, 0.05) is 11.4 Å². The summed E-state index contributed by atoms with van der Waals surface area (Å²) in [5.74, 6) is -1.13. The quantitative estimate of drug-likeness (QED) is 0.621. The Balaban J connectivity index is 1.61. The summed E-state index contributed by atoms with van der Waals surface area (Å²) in [4.78, 5) is 28.0. The van der Waals surface area contributed by atoms with Crippen molar-refractivity contribution in [2.24, 2.45) is 0 Å². The molecule has 0 aliphatic carbocycles. The SMILES string of the molecule is CCOC(=O)c1ccc(Nc2ccc(C(=O)Nc3ccc(F)cc3)nc2)cc1. The third-order valence-corrected chi connectivity index (χ3v) is 3.78. The number of amides is 1. The van der Waals surface area contributed by atoms with Gasteiger partial charge in [-0.2, -0.15) is 0 Å². The molecule has 2 aromatic carbocycles. The number of benzene rings is 2. The summed E-state index contributed by atoms with van der Waals surface area (Å²) in [6, 6.07) is 15.6. The molecule has 0 atom stereocenters. The highest BCUT2D eigenvalue weighted by molar-refractivity contribution is 6.02. The van der Waals surface area contributed by atoms with E-state index in [0.29, 0.717) is 23.5 Å². The van der Waals surface area contributed by atoms with Gasteiger partial charge in [0.25, 0.3) is 5.91 Å². The molecule has 2 N–H and O–H groups in total. The molecule has 1 amide bonds. The first-order valence-corrected chi connectivity index (χ1v) is 8.62. The van der Waals surface area contributed by atoms with Crippen molar-refractivity contribution >= 4 is 28.9 Å². The van der Waals surface area contributed by atoms with Crippen LogP contribution in [0.3, 0.4) is 0 Å². The Morgan fingerprint density at radius 3 is 2.18 bits per heavy atom. The van der Waals surface area contributed by atoms with Gasteiger partial charge in [-0.15, -0.1) is 0 Å². The average Bonchev–Trinajstić information content (AvgIpc) is 2.71. The third-order valence-electron chi connectivity index (χ3n) is 3.78. The maximum Gasteiger partial charge on any atom is 0.338 e. The molecule has 7 heteroatoms. The molecule has 0 fully saturated rings. The van der Waals surface area contributed by atoms with Crippen LogP contribution in [0.25, 0.3) is 0 Å². The summed E-state index contributed by atoms with van der Waals surface area (Å²) in [5, 5.41) is 5.79. The fraction of sp³-hybridized carbons (Fsp3) is 0.0952. The minimum atomic E-state index is -0.392. The van der Waals surface area contributed by atoms with Crippen LogP contribution in [0.2, 0.25) is 0 Å². The Morgan fingerprint density at radius 2 is 1.57 bits per heavy atom. The fourth-order valence-electron chi connectivity index (χ4n) is 2.40. The zero-order chi connectivity index (χ0) is 19.9. The van der Waals surface area contributed by atoms with Gasteiger partial charge in [-0.25, -0.2) is 14.2 Å². The molecular weight excluding hydrogens is 361 g/mol. The van der Waals surface area contributed by atoms with E-state index in [1.54, 1.807) is 43.3 Å². The number of rotatable bonds is 6. The Labute approximate surface area is 161 Å². The molecule has 1 heterocycles. The molecule has 0 saturated carbocycles. The molecule has 0 saturated heterocycles. The second-order valence-electron chi connectivity index (χ2n) is 5.82. The van der Waals surface area contributed by atoms with Crippen LogP contribution in [0.5, 0.6) is 0 Å². The van der Waals surface area contributed by atoms with Gasteiger partial charge in [0.05, 0.1) is 24.1 Å². The number of carbonyl (C=O) groups is 2. The number of carbonyl (C=O) groups excluding carboxylic acids is 2. The number of aromatic nitrogens is 1. The molecule has 0 spiro atoms. The molecule has 3 aromatic rings. The molecule has 0 bridgehead atoms. The molecule has 0 aliphatic heterocycles. The van der Waals surface area contributed by atoms with E-state index in [4.69, 9.17) is 4.74 Å². The summed E-state index contributed by atoms with van der Waals surface area (Å²) in [6.07, 6.45) is 1.53. The highest BCUT2D eigenvalue weighted by Gasteiger charge is 2.09. The molecule has 142 valence electrons. The van der Waals surface area contributed by atoms with Crippen LogP contribution in [-0.2, 0) is 4.74 Å². The minimum Gasteiger partial charge on any atom is -0.462 e. The van der Waals surface area contributed by atoms with Crippen LogP contribution in [-0.4, -0.2) is 23.5 Å². The van der Waals surface area contributed by atoms with Crippen molar-refractivity contribution < 1.29 is 18.7 Å². The number of hydrogen-bond donors (Lipinski definition) is 2. The lowest BCUT2D eigenvalue weighted by Gasteiger charge is -2.08. The minimum absolute atomic E-state index is 0.229. The predicted molar refractivity (Wildman–Crippen MR) is 104 cm³/mol. The van der Waals surface area contributed by atoms with Gasteiger partial charge in [-0.05, 0) is 67.6 Å². The van der Waals surface area contributed by atoms with E-state index < -0.39 is 5.91 Å². The van der Waals surface area contributed by atoms with Crippen molar-refractivity contribution in [2.45, 2.75) is 6.92 Å². The van der Waals surface area contributed by atoms with Gasteiger partial charge < -0.3 is 15.4 Å². The van der Waals surface area contributed by atoms with Crippen molar-refractivity contribution in [3.8, 4) is 0 Å². The monoisotopic (exact) mass is 379 g/mol. The van der Waals surface area contributed by atoms with Gasteiger partial charge in [0.2, 0.25) is 0 Å². The summed E-state index contributed by atoms with van der Waals surface area (Å²) in [6.45, 7) is 2.08. The summed E-state index contributed by atoms with van der Waals surface area (Å²) in [7, 11) is 0. The van der Waals surface area contributed by atoms with Crippen LogP contribution in [0.1, 0.15) is 27.8 Å². The zero-order valence-corrected chi connectivity index (χ0v) is 15.1. The molecule has 0 unspecified atom stereocenters. The van der Waals surface area contributed by atoms with Gasteiger partial charge >= 0.3 is 5.97 Å². The van der Waals surface area contributed by atoms with Gasteiger partial charge in [0.15, 0.2) is 0 Å². The summed E-state index contributed by atoms with van der Waals surface area (Å²) < 4.78 is 17.9. The smallest absolute Gasteiger partial charge is 0.338 e. The second-order valence-corrected chi connectivity index (χ2v) is 5.82. The average molecular weight is 379 g/mol. The van der Waals surface area contributed by atoms with E-state index in [1.807, 2.05) is 0 Å². The lowest BCUT2D eigenvalue weighted by atomic mass is 10.2. The molecule has 0 radical (unpaired) electrons. The predicted octanol–water partition coefficient (Wildman–Crippen LogP) is 4.39. The fourth-order valence-corrected chi connectivity index (χ4v) is 2.40. The van der Waals surface area contributed by atoms with Crippen molar-refractivity contribution in [1.29, 1.82) is 0 Å². The van der Waals surface area contributed by atoms with Gasteiger partial charge in [-0.1, -0.05) is 0 Å². The van der Waals surface area contributed by atoms with Gasteiger partial charge in [0.1, 0.15) is 11.5 Å². The van der Waals surface area contributed by atoms with Crippen LogP contribution < -0.4 is 10.6 Å². The number of esters is 1. The van der Waals surface area contributed by atoms with Crippen molar-refractivity contribution in [3.05, 3.63) is 83.9 Å². The third kappa shape index (κ3) is 4.91. The summed E-state index contributed by atoms with van der Waals surface area (Å²) in [5.41, 5.74) is 2.63. The Morgan fingerprint density at radius 1 is 0.929 bits per heavy atom. The van der Waals surface area contributed by atoms with Crippen LogP contribution in [0, 0.1) is 5.82 Å². The van der Waals surface area contributed by atoms with Crippen molar-refractivity contribution in [1.82, 2.24) is 4.98 Å². The van der Waals surface area contributed by atoms with Crippen LogP contribution in [0.4, 0.5) is 21.5 Å². The van der Waals surface area contributed by atoms with Gasteiger partial charge in [-0.3, -0.25) is 4.79 Å². The second kappa shape index (κ2) is 8.77. The largest absolute Gasteiger partial charge is 0.462 e. The van der Waals surface area contributed by atoms with E-state index in [1.165, 1.54) is 30.5 Å². The number of anilines is 3. The zero-order valence-electron chi connectivity index (χ0n) is 15.1. The normalized spacial score (nSPS) is 10.2. The molecule has 6 nitrogen and oxygen atoms in total. The number of halogens is 1. The number of pyridine rings is 1. The Hall–Kier alpha value is -3.74. The van der Waals surface area contributed by atoms with Crippen molar-refractivity contribution in [3.63, 3.8) is 0 Å². The highest BCUT2D eigenvalue weighted by Crippen LogP contribution is 2.17. The molecule has 3 rings (SSSR count). The standard InChI is InChI=1S/C21H18FN3O3/c1-2-28-21(27)14-3-7-16(8-4-14)24-18-11-12-19(23-13-18)20(26)25-17-9-5-15(22)6-10-17/h3-13,24H,2H2,1H3,(H,25,26). The topological polar surface area (TPSA) is 80.3 Å². The van der Waals surface area contributed by atoms with Crippen LogP contribution >= 0.6 is 0 Å². The van der Waals surface area contributed by atoms with E-state index in [9.17, 15) is 14.0 Å². The Bertz CT molecular complexity index is 956. The number of hydrogen-bond acceptors (Lipinski definition) is 5. The molecule has 28 heavy (non-hydrogen) atoms. The molecular formula is C21H18FN3O3. The number of nitrogens with one attached hydrogen (secondary N) is 2. The maximum absolute atomic E-state index is 12.9. The van der Waals surface area contributed by atoms with Crippen LogP contribution in [0.15, 0.2) is 66.9 Å². The summed E-state index contributed by atoms with van der Waals surface area (Å²) >= 11 is 0. The van der Waals surface area contributed by atoms with E-state index in [2.05, 4.69) is 15.6 Å². The highest BCUT2D eigenvalue weighted by atomic mass is 19.1. The van der Waals surface area contributed by atoms with E-state index in [-0.39, 0.29) is 17.5 Å².